The minimum absolute atomic E-state index is 0.302. The minimum Gasteiger partial charge on any atom is -0.490 e. The average molecular weight is 295 g/mol. The lowest BCUT2D eigenvalue weighted by molar-refractivity contribution is 0.301. The molecule has 1 aromatic carbocycles. The summed E-state index contributed by atoms with van der Waals surface area (Å²) in [6.07, 6.45) is 3.13. The molecule has 1 aromatic rings. The number of nitrogens with zero attached hydrogens (tertiary/aromatic N) is 2. The van der Waals surface area contributed by atoms with Gasteiger partial charge in [-0.2, -0.15) is 0 Å². The predicted octanol–water partition coefficient (Wildman–Crippen LogP) is 2.73. The second-order valence-corrected chi connectivity index (χ2v) is 5.94. The smallest absolute Gasteiger partial charge is 0.167 e. The van der Waals surface area contributed by atoms with Gasteiger partial charge in [0.2, 0.25) is 0 Å². The van der Waals surface area contributed by atoms with E-state index in [1.165, 1.54) is 6.07 Å². The standard InChI is InChI=1S/C16H26FN3O/c1-4-8-21-16-10-15(14(18)9-13(16)17)20-7-5-6-12(20)11-19(2)3/h9-10,12H,4-8,11,18H2,1-3H3. The van der Waals surface area contributed by atoms with Gasteiger partial charge in [0.15, 0.2) is 11.6 Å². The Hall–Kier alpha value is -1.49. The SMILES string of the molecule is CCCOc1cc(N2CCCC2CN(C)C)c(N)cc1F. The topological polar surface area (TPSA) is 41.7 Å². The van der Waals surface area contributed by atoms with E-state index in [-0.39, 0.29) is 5.82 Å². The highest BCUT2D eigenvalue weighted by Crippen LogP contribution is 2.35. The number of hydrogen-bond donors (Lipinski definition) is 1. The van der Waals surface area contributed by atoms with Crippen molar-refractivity contribution in [3.05, 3.63) is 17.9 Å². The molecule has 0 spiro atoms. The maximum absolute atomic E-state index is 13.9. The van der Waals surface area contributed by atoms with Crippen molar-refractivity contribution in [1.29, 1.82) is 0 Å². The molecule has 1 fully saturated rings. The number of nitrogen functional groups attached to an aromatic ring is 1. The van der Waals surface area contributed by atoms with Crippen LogP contribution in [-0.2, 0) is 0 Å². The highest BCUT2D eigenvalue weighted by Gasteiger charge is 2.27. The highest BCUT2D eigenvalue weighted by atomic mass is 19.1. The Morgan fingerprint density at radius 1 is 1.43 bits per heavy atom. The minimum atomic E-state index is -0.381. The van der Waals surface area contributed by atoms with Gasteiger partial charge in [0.1, 0.15) is 0 Å². The van der Waals surface area contributed by atoms with Gasteiger partial charge in [-0.25, -0.2) is 4.39 Å². The molecular weight excluding hydrogens is 269 g/mol. The van der Waals surface area contributed by atoms with Gasteiger partial charge in [0, 0.05) is 31.3 Å². The lowest BCUT2D eigenvalue weighted by Crippen LogP contribution is -2.37. The van der Waals surface area contributed by atoms with Crippen LogP contribution < -0.4 is 15.4 Å². The first-order valence-electron chi connectivity index (χ1n) is 7.66. The van der Waals surface area contributed by atoms with E-state index >= 15 is 0 Å². The van der Waals surface area contributed by atoms with Crippen molar-refractivity contribution in [2.45, 2.75) is 32.2 Å². The molecule has 0 bridgehead atoms. The molecule has 4 nitrogen and oxygen atoms in total. The van der Waals surface area contributed by atoms with Crippen molar-refractivity contribution in [3.63, 3.8) is 0 Å². The van der Waals surface area contributed by atoms with Crippen LogP contribution in [-0.4, -0.2) is 44.7 Å². The first kappa shape index (κ1) is 15.9. The number of ether oxygens (including phenoxy) is 1. The fraction of sp³-hybridized carbons (Fsp3) is 0.625. The van der Waals surface area contributed by atoms with Gasteiger partial charge in [0.25, 0.3) is 0 Å². The molecule has 0 saturated carbocycles. The molecule has 2 rings (SSSR count). The van der Waals surface area contributed by atoms with Crippen LogP contribution in [0, 0.1) is 5.82 Å². The maximum atomic E-state index is 13.9. The van der Waals surface area contributed by atoms with Crippen LogP contribution in [0.2, 0.25) is 0 Å². The summed E-state index contributed by atoms with van der Waals surface area (Å²) < 4.78 is 19.4. The molecule has 1 unspecified atom stereocenters. The van der Waals surface area contributed by atoms with E-state index in [4.69, 9.17) is 10.5 Å². The Labute approximate surface area is 126 Å². The molecule has 1 saturated heterocycles. The molecular formula is C16H26FN3O. The number of halogens is 1. The summed E-state index contributed by atoms with van der Waals surface area (Å²) in [6.45, 7) is 4.45. The van der Waals surface area contributed by atoms with Crippen LogP contribution in [0.4, 0.5) is 15.8 Å². The van der Waals surface area contributed by atoms with E-state index in [9.17, 15) is 4.39 Å². The van der Waals surface area contributed by atoms with Gasteiger partial charge in [-0.1, -0.05) is 6.92 Å². The van der Waals surface area contributed by atoms with E-state index in [2.05, 4.69) is 23.9 Å². The zero-order chi connectivity index (χ0) is 15.4. The Balaban J connectivity index is 2.25. The van der Waals surface area contributed by atoms with Gasteiger partial charge in [-0.3, -0.25) is 0 Å². The summed E-state index contributed by atoms with van der Waals surface area (Å²) in [5.74, 6) is -0.0791. The van der Waals surface area contributed by atoms with Crippen LogP contribution in [0.5, 0.6) is 5.75 Å². The Kier molecular flexibility index (Phi) is 5.28. The molecule has 2 N–H and O–H groups in total. The quantitative estimate of drug-likeness (QED) is 0.819. The maximum Gasteiger partial charge on any atom is 0.167 e. The predicted molar refractivity (Wildman–Crippen MR) is 85.5 cm³/mol. The lowest BCUT2D eigenvalue weighted by atomic mass is 10.1. The highest BCUT2D eigenvalue weighted by molar-refractivity contribution is 5.71. The Bertz CT molecular complexity index is 479. The summed E-state index contributed by atoms with van der Waals surface area (Å²) in [4.78, 5) is 4.46. The van der Waals surface area contributed by atoms with Crippen LogP contribution >= 0.6 is 0 Å². The van der Waals surface area contributed by atoms with Crippen molar-refractivity contribution in [2.24, 2.45) is 0 Å². The zero-order valence-electron chi connectivity index (χ0n) is 13.2. The number of hydrogen-bond acceptors (Lipinski definition) is 4. The monoisotopic (exact) mass is 295 g/mol. The van der Waals surface area contributed by atoms with Crippen LogP contribution in [0.3, 0.4) is 0 Å². The largest absolute Gasteiger partial charge is 0.490 e. The Morgan fingerprint density at radius 2 is 2.19 bits per heavy atom. The normalized spacial score (nSPS) is 18.5. The van der Waals surface area contributed by atoms with Crippen LogP contribution in [0.25, 0.3) is 0 Å². The fourth-order valence-corrected chi connectivity index (χ4v) is 2.89. The molecule has 1 heterocycles. The lowest BCUT2D eigenvalue weighted by Gasteiger charge is -2.30. The van der Waals surface area contributed by atoms with Crippen molar-refractivity contribution in [1.82, 2.24) is 4.90 Å². The Morgan fingerprint density at radius 3 is 2.86 bits per heavy atom. The molecule has 0 aliphatic carbocycles. The average Bonchev–Trinajstić information content (AvgIpc) is 2.85. The first-order valence-corrected chi connectivity index (χ1v) is 7.66. The summed E-state index contributed by atoms with van der Waals surface area (Å²) in [5, 5.41) is 0. The second kappa shape index (κ2) is 6.98. The third-order valence-electron chi connectivity index (χ3n) is 3.81. The van der Waals surface area contributed by atoms with E-state index in [0.717, 1.165) is 38.0 Å². The van der Waals surface area contributed by atoms with Crippen molar-refractivity contribution in [2.75, 3.05) is 44.4 Å². The number of rotatable bonds is 6. The van der Waals surface area contributed by atoms with Gasteiger partial charge in [-0.05, 0) is 33.4 Å². The third-order valence-corrected chi connectivity index (χ3v) is 3.81. The molecule has 118 valence electrons. The van der Waals surface area contributed by atoms with Crippen molar-refractivity contribution in [3.8, 4) is 5.75 Å². The zero-order valence-corrected chi connectivity index (χ0v) is 13.2. The van der Waals surface area contributed by atoms with Crippen molar-refractivity contribution >= 4 is 11.4 Å². The summed E-state index contributed by atoms with van der Waals surface area (Å²) >= 11 is 0. The van der Waals surface area contributed by atoms with Crippen LogP contribution in [0.15, 0.2) is 12.1 Å². The van der Waals surface area contributed by atoms with E-state index in [0.29, 0.717) is 24.1 Å². The number of anilines is 2. The number of benzene rings is 1. The molecule has 0 amide bonds. The summed E-state index contributed by atoms with van der Waals surface area (Å²) in [5.41, 5.74) is 7.42. The summed E-state index contributed by atoms with van der Waals surface area (Å²) in [7, 11) is 4.14. The molecule has 0 aromatic heterocycles. The molecule has 1 aliphatic rings. The molecule has 0 radical (unpaired) electrons. The molecule has 1 aliphatic heterocycles. The molecule has 5 heteroatoms. The molecule has 1 atom stereocenters. The first-order chi connectivity index (χ1) is 10.0. The fourth-order valence-electron chi connectivity index (χ4n) is 2.89. The van der Waals surface area contributed by atoms with Crippen LogP contribution in [0.1, 0.15) is 26.2 Å². The van der Waals surface area contributed by atoms with Gasteiger partial charge in [-0.15, -0.1) is 0 Å². The van der Waals surface area contributed by atoms with Gasteiger partial charge < -0.3 is 20.3 Å². The second-order valence-electron chi connectivity index (χ2n) is 5.94. The number of nitrogens with two attached hydrogens (primary N) is 1. The number of likely N-dealkylation sites (N-methyl/N-ethyl adjacent to an activating group) is 1. The van der Waals surface area contributed by atoms with E-state index < -0.39 is 0 Å². The van der Waals surface area contributed by atoms with Crippen molar-refractivity contribution < 1.29 is 9.13 Å². The third kappa shape index (κ3) is 3.79. The van der Waals surface area contributed by atoms with E-state index in [1.54, 1.807) is 6.07 Å². The van der Waals surface area contributed by atoms with Gasteiger partial charge in [0.05, 0.1) is 18.0 Å². The summed E-state index contributed by atoms with van der Waals surface area (Å²) in [6, 6.07) is 3.56. The van der Waals surface area contributed by atoms with E-state index in [1.807, 2.05) is 6.92 Å². The van der Waals surface area contributed by atoms with Gasteiger partial charge >= 0.3 is 0 Å². The molecule has 21 heavy (non-hydrogen) atoms.